The average Bonchev–Trinajstić information content (AvgIpc) is 2.94. The molecule has 1 aliphatic heterocycles. The topological polar surface area (TPSA) is 51.0 Å². The lowest BCUT2D eigenvalue weighted by atomic mass is 10.0. The van der Waals surface area contributed by atoms with Crippen LogP contribution in [0.5, 0.6) is 0 Å². The highest BCUT2D eigenvalue weighted by Gasteiger charge is 2.27. The number of fused-ring (bicyclic) bond motifs is 3. The van der Waals surface area contributed by atoms with Crippen molar-refractivity contribution in [3.05, 3.63) is 54.1 Å². The first-order chi connectivity index (χ1) is 11.1. The number of likely N-dealkylation sites (N-methyl/N-ethyl adjacent to an activating group) is 1. The molecule has 0 unspecified atom stereocenters. The SMILES string of the molecule is Cc1ccc2c(c1)-c1c(-c3ccccc3)nnn1CC(=O)N2C. The Morgan fingerprint density at radius 3 is 2.65 bits per heavy atom. The van der Waals surface area contributed by atoms with E-state index in [0.29, 0.717) is 0 Å². The normalized spacial score (nSPS) is 13.5. The first kappa shape index (κ1) is 13.7. The number of amides is 1. The summed E-state index contributed by atoms with van der Waals surface area (Å²) in [6, 6.07) is 16.0. The van der Waals surface area contributed by atoms with Crippen LogP contribution >= 0.6 is 0 Å². The van der Waals surface area contributed by atoms with Crippen molar-refractivity contribution in [1.82, 2.24) is 15.0 Å². The third-order valence-electron chi connectivity index (χ3n) is 4.21. The van der Waals surface area contributed by atoms with Gasteiger partial charge in [0.1, 0.15) is 12.2 Å². The predicted octanol–water partition coefficient (Wildman–Crippen LogP) is 2.90. The zero-order chi connectivity index (χ0) is 16.0. The van der Waals surface area contributed by atoms with Crippen molar-refractivity contribution in [3.8, 4) is 22.5 Å². The molecule has 5 heteroatoms. The van der Waals surface area contributed by atoms with Gasteiger partial charge in [-0.2, -0.15) is 0 Å². The number of aryl methyl sites for hydroxylation is 1. The summed E-state index contributed by atoms with van der Waals surface area (Å²) in [6.07, 6.45) is 0. The van der Waals surface area contributed by atoms with Crippen LogP contribution in [-0.2, 0) is 11.3 Å². The minimum Gasteiger partial charge on any atom is -0.313 e. The molecule has 0 N–H and O–H groups in total. The molecule has 0 atom stereocenters. The van der Waals surface area contributed by atoms with Gasteiger partial charge >= 0.3 is 0 Å². The number of aromatic nitrogens is 3. The number of hydrogen-bond acceptors (Lipinski definition) is 3. The molecular formula is C18H16N4O. The number of carbonyl (C=O) groups excluding carboxylic acids is 1. The van der Waals surface area contributed by atoms with Crippen LogP contribution < -0.4 is 4.90 Å². The number of anilines is 1. The zero-order valence-electron chi connectivity index (χ0n) is 13.0. The predicted molar refractivity (Wildman–Crippen MR) is 89.0 cm³/mol. The molecule has 4 rings (SSSR count). The summed E-state index contributed by atoms with van der Waals surface area (Å²) in [5.74, 6) is -0.00151. The number of carbonyl (C=O) groups is 1. The Hall–Kier alpha value is -2.95. The molecule has 0 radical (unpaired) electrons. The van der Waals surface area contributed by atoms with E-state index in [9.17, 15) is 4.79 Å². The highest BCUT2D eigenvalue weighted by Crippen LogP contribution is 2.38. The van der Waals surface area contributed by atoms with Crippen LogP contribution in [0, 0.1) is 6.92 Å². The molecule has 2 aromatic carbocycles. The maximum atomic E-state index is 12.4. The summed E-state index contributed by atoms with van der Waals surface area (Å²) in [5, 5.41) is 8.57. The molecule has 0 bridgehead atoms. The lowest BCUT2D eigenvalue weighted by Gasteiger charge is -2.17. The first-order valence-electron chi connectivity index (χ1n) is 7.51. The van der Waals surface area contributed by atoms with Gasteiger partial charge in [0.2, 0.25) is 5.91 Å². The van der Waals surface area contributed by atoms with E-state index < -0.39 is 0 Å². The van der Waals surface area contributed by atoms with Gasteiger partial charge in [-0.3, -0.25) is 4.79 Å². The fraction of sp³-hybridized carbons (Fsp3) is 0.167. The Bertz CT molecular complexity index is 899. The zero-order valence-corrected chi connectivity index (χ0v) is 13.0. The van der Waals surface area contributed by atoms with Gasteiger partial charge < -0.3 is 4.90 Å². The molecule has 5 nitrogen and oxygen atoms in total. The quantitative estimate of drug-likeness (QED) is 0.694. The van der Waals surface area contributed by atoms with Crippen molar-refractivity contribution in [2.24, 2.45) is 0 Å². The molecule has 0 fully saturated rings. The van der Waals surface area contributed by atoms with Gasteiger partial charge in [-0.15, -0.1) is 5.10 Å². The van der Waals surface area contributed by atoms with E-state index in [0.717, 1.165) is 33.8 Å². The summed E-state index contributed by atoms with van der Waals surface area (Å²) >= 11 is 0. The Labute approximate surface area is 134 Å². The summed E-state index contributed by atoms with van der Waals surface area (Å²) in [7, 11) is 1.80. The Balaban J connectivity index is 2.03. The van der Waals surface area contributed by atoms with Crippen LogP contribution in [0.25, 0.3) is 22.5 Å². The van der Waals surface area contributed by atoms with Crippen molar-refractivity contribution in [2.45, 2.75) is 13.5 Å². The summed E-state index contributed by atoms with van der Waals surface area (Å²) in [5.41, 5.74) is 5.71. The summed E-state index contributed by atoms with van der Waals surface area (Å²) in [6.45, 7) is 2.24. The van der Waals surface area contributed by atoms with Crippen LogP contribution in [0.4, 0.5) is 5.69 Å². The van der Waals surface area contributed by atoms with Gasteiger partial charge in [0.15, 0.2) is 0 Å². The average molecular weight is 304 g/mol. The molecule has 1 aliphatic rings. The van der Waals surface area contributed by atoms with Crippen molar-refractivity contribution in [2.75, 3.05) is 11.9 Å². The van der Waals surface area contributed by atoms with E-state index >= 15 is 0 Å². The van der Waals surface area contributed by atoms with Gasteiger partial charge in [-0.25, -0.2) is 4.68 Å². The molecular weight excluding hydrogens is 288 g/mol. The fourth-order valence-electron chi connectivity index (χ4n) is 2.98. The summed E-state index contributed by atoms with van der Waals surface area (Å²) in [4.78, 5) is 14.1. The Kier molecular flexibility index (Phi) is 3.01. The van der Waals surface area contributed by atoms with E-state index in [4.69, 9.17) is 0 Å². The van der Waals surface area contributed by atoms with Crippen LogP contribution in [0.1, 0.15) is 5.56 Å². The van der Waals surface area contributed by atoms with E-state index in [2.05, 4.69) is 16.4 Å². The maximum absolute atomic E-state index is 12.4. The molecule has 2 heterocycles. The lowest BCUT2D eigenvalue weighted by Crippen LogP contribution is -2.28. The standard InChI is InChI=1S/C18H16N4O/c1-12-8-9-15-14(10-12)18-17(13-6-4-3-5-7-13)19-20-22(18)11-16(23)21(15)2/h3-10H,11H2,1-2H3. The van der Waals surface area contributed by atoms with Gasteiger partial charge in [-0.05, 0) is 19.1 Å². The van der Waals surface area contributed by atoms with Crippen molar-refractivity contribution in [3.63, 3.8) is 0 Å². The van der Waals surface area contributed by atoms with Crippen LogP contribution in [0.2, 0.25) is 0 Å². The molecule has 23 heavy (non-hydrogen) atoms. The third kappa shape index (κ3) is 2.12. The highest BCUT2D eigenvalue weighted by molar-refractivity contribution is 6.00. The number of rotatable bonds is 1. The van der Waals surface area contributed by atoms with Gasteiger partial charge in [0, 0.05) is 18.2 Å². The molecule has 3 aromatic rings. The minimum atomic E-state index is -0.00151. The smallest absolute Gasteiger partial charge is 0.248 e. The first-order valence-corrected chi connectivity index (χ1v) is 7.51. The second kappa shape index (κ2) is 5.05. The van der Waals surface area contributed by atoms with E-state index in [1.807, 2.05) is 49.4 Å². The van der Waals surface area contributed by atoms with Gasteiger partial charge in [0.25, 0.3) is 0 Å². The molecule has 0 spiro atoms. The molecule has 0 saturated carbocycles. The van der Waals surface area contributed by atoms with Crippen molar-refractivity contribution >= 4 is 11.6 Å². The largest absolute Gasteiger partial charge is 0.313 e. The maximum Gasteiger partial charge on any atom is 0.248 e. The van der Waals surface area contributed by atoms with E-state index in [1.54, 1.807) is 16.6 Å². The third-order valence-corrected chi connectivity index (χ3v) is 4.21. The van der Waals surface area contributed by atoms with Crippen LogP contribution in [0.15, 0.2) is 48.5 Å². The lowest BCUT2D eigenvalue weighted by molar-refractivity contribution is -0.119. The molecule has 114 valence electrons. The van der Waals surface area contributed by atoms with Crippen molar-refractivity contribution < 1.29 is 4.79 Å². The van der Waals surface area contributed by atoms with Crippen LogP contribution in [-0.4, -0.2) is 27.9 Å². The second-order valence-corrected chi connectivity index (χ2v) is 5.78. The Morgan fingerprint density at radius 2 is 1.87 bits per heavy atom. The highest BCUT2D eigenvalue weighted by atomic mass is 16.2. The molecule has 1 aromatic heterocycles. The van der Waals surface area contributed by atoms with E-state index in [1.165, 1.54) is 0 Å². The number of hydrogen-bond donors (Lipinski definition) is 0. The number of benzene rings is 2. The van der Waals surface area contributed by atoms with Crippen LogP contribution in [0.3, 0.4) is 0 Å². The van der Waals surface area contributed by atoms with E-state index in [-0.39, 0.29) is 12.5 Å². The van der Waals surface area contributed by atoms with Gasteiger partial charge in [-0.1, -0.05) is 47.2 Å². The molecule has 0 aliphatic carbocycles. The summed E-state index contributed by atoms with van der Waals surface area (Å²) < 4.78 is 1.70. The van der Waals surface area contributed by atoms with Gasteiger partial charge in [0.05, 0.1) is 11.4 Å². The number of nitrogens with zero attached hydrogens (tertiary/aromatic N) is 4. The fourth-order valence-corrected chi connectivity index (χ4v) is 2.98. The van der Waals surface area contributed by atoms with Crippen molar-refractivity contribution in [1.29, 1.82) is 0 Å². The Morgan fingerprint density at radius 1 is 1.09 bits per heavy atom. The molecule has 0 saturated heterocycles. The monoisotopic (exact) mass is 304 g/mol. The second-order valence-electron chi connectivity index (χ2n) is 5.78. The minimum absolute atomic E-state index is 0.00151. The molecule has 1 amide bonds.